The normalized spacial score (nSPS) is 10.5. The smallest absolute Gasteiger partial charge is 0.423 e. The zero-order valence-corrected chi connectivity index (χ0v) is 11.9. The second-order valence-electron chi connectivity index (χ2n) is 5.24. The van der Waals surface area contributed by atoms with Crippen LogP contribution in [0, 0.1) is 6.92 Å². The summed E-state index contributed by atoms with van der Waals surface area (Å²) in [6, 6.07) is 12.7. The van der Waals surface area contributed by atoms with Crippen LogP contribution in [0.2, 0.25) is 0 Å². The van der Waals surface area contributed by atoms with Crippen LogP contribution in [0.4, 0.5) is 0 Å². The van der Waals surface area contributed by atoms with Crippen molar-refractivity contribution in [2.24, 2.45) is 0 Å². The van der Waals surface area contributed by atoms with Gasteiger partial charge in [0.1, 0.15) is 0 Å². The van der Waals surface area contributed by atoms with Crippen LogP contribution < -0.4 is 10.9 Å². The maximum atomic E-state index is 9.26. The number of rotatable bonds is 5. The molecular formula is C15H18B2O4. The Labute approximate surface area is 125 Å². The molecule has 2 aromatic rings. The second-order valence-corrected chi connectivity index (χ2v) is 5.24. The minimum Gasteiger partial charge on any atom is -0.423 e. The molecule has 0 radical (unpaired) electrons. The van der Waals surface area contributed by atoms with Crippen molar-refractivity contribution in [2.45, 2.75) is 19.8 Å². The lowest BCUT2D eigenvalue weighted by molar-refractivity contribution is 0.424. The summed E-state index contributed by atoms with van der Waals surface area (Å²) in [7, 11) is -2.92. The molecule has 0 aromatic heterocycles. The molecule has 0 saturated carbocycles. The molecular weight excluding hydrogens is 266 g/mol. The van der Waals surface area contributed by atoms with E-state index in [4.69, 9.17) is 10.0 Å². The monoisotopic (exact) mass is 284 g/mol. The van der Waals surface area contributed by atoms with E-state index < -0.39 is 14.2 Å². The second kappa shape index (κ2) is 6.91. The molecule has 0 saturated heterocycles. The van der Waals surface area contributed by atoms with Gasteiger partial charge in [0.25, 0.3) is 0 Å². The fraction of sp³-hybridized carbons (Fsp3) is 0.200. The Bertz CT molecular complexity index is 614. The first kappa shape index (κ1) is 15.8. The summed E-state index contributed by atoms with van der Waals surface area (Å²) in [5, 5.41) is 36.8. The Morgan fingerprint density at radius 3 is 2.05 bits per heavy atom. The van der Waals surface area contributed by atoms with Crippen molar-refractivity contribution >= 4 is 25.2 Å². The number of hydrogen-bond donors (Lipinski definition) is 4. The molecule has 0 amide bonds. The van der Waals surface area contributed by atoms with Gasteiger partial charge in [-0.3, -0.25) is 0 Å². The molecule has 0 heterocycles. The number of hydrogen-bond acceptors (Lipinski definition) is 4. The van der Waals surface area contributed by atoms with E-state index in [0.29, 0.717) is 10.9 Å². The average molecular weight is 284 g/mol. The largest absolute Gasteiger partial charge is 0.488 e. The Balaban J connectivity index is 2.11. The molecule has 0 aliphatic carbocycles. The first-order chi connectivity index (χ1) is 9.95. The summed E-state index contributed by atoms with van der Waals surface area (Å²) in [4.78, 5) is 0. The molecule has 6 heteroatoms. The Kier molecular flexibility index (Phi) is 5.20. The first-order valence-electron chi connectivity index (χ1n) is 6.87. The first-order valence-corrected chi connectivity index (χ1v) is 6.87. The summed E-state index contributed by atoms with van der Waals surface area (Å²) in [5.74, 6) is 0. The van der Waals surface area contributed by atoms with E-state index in [1.165, 1.54) is 0 Å². The van der Waals surface area contributed by atoms with E-state index in [-0.39, 0.29) is 0 Å². The minimum atomic E-state index is -1.46. The van der Waals surface area contributed by atoms with Crippen LogP contribution in [0.25, 0.3) is 0 Å². The molecule has 21 heavy (non-hydrogen) atoms. The molecule has 0 atom stereocenters. The molecule has 0 aliphatic rings. The third kappa shape index (κ3) is 4.44. The van der Waals surface area contributed by atoms with Crippen LogP contribution in [0.3, 0.4) is 0 Å². The highest BCUT2D eigenvalue weighted by atomic mass is 16.4. The quantitative estimate of drug-likeness (QED) is 0.539. The van der Waals surface area contributed by atoms with E-state index in [9.17, 15) is 10.0 Å². The van der Waals surface area contributed by atoms with Gasteiger partial charge in [-0.25, -0.2) is 0 Å². The lowest BCUT2D eigenvalue weighted by Gasteiger charge is -2.08. The standard InChI is InChI=1S/C15H18B2O4/c1-11-7-13(10-15(8-11)17(20)21)6-5-12-3-2-4-14(9-12)16(18)19/h2-4,7-10,18-21H,5-6H2,1H3. The molecule has 0 fully saturated rings. The zero-order valence-electron chi connectivity index (χ0n) is 11.9. The topological polar surface area (TPSA) is 80.9 Å². The maximum Gasteiger partial charge on any atom is 0.488 e. The van der Waals surface area contributed by atoms with Gasteiger partial charge in [-0.15, -0.1) is 0 Å². The number of aryl methyl sites for hydroxylation is 3. The van der Waals surface area contributed by atoms with Crippen LogP contribution in [0.1, 0.15) is 16.7 Å². The van der Waals surface area contributed by atoms with Gasteiger partial charge < -0.3 is 20.1 Å². The number of benzene rings is 2. The van der Waals surface area contributed by atoms with E-state index in [2.05, 4.69) is 0 Å². The summed E-state index contributed by atoms with van der Waals surface area (Å²) in [6.07, 6.45) is 1.48. The Morgan fingerprint density at radius 1 is 0.762 bits per heavy atom. The lowest BCUT2D eigenvalue weighted by atomic mass is 9.78. The van der Waals surface area contributed by atoms with Crippen molar-refractivity contribution in [3.8, 4) is 0 Å². The van der Waals surface area contributed by atoms with E-state index in [1.54, 1.807) is 30.3 Å². The molecule has 0 unspecified atom stereocenters. The van der Waals surface area contributed by atoms with Gasteiger partial charge in [0.15, 0.2) is 0 Å². The van der Waals surface area contributed by atoms with Crippen molar-refractivity contribution in [3.63, 3.8) is 0 Å². The van der Waals surface area contributed by atoms with Crippen molar-refractivity contribution in [3.05, 3.63) is 59.2 Å². The summed E-state index contributed by atoms with van der Waals surface area (Å²) in [5.41, 5.74) is 3.98. The zero-order chi connectivity index (χ0) is 15.4. The van der Waals surface area contributed by atoms with Crippen LogP contribution in [0.5, 0.6) is 0 Å². The SMILES string of the molecule is Cc1cc(CCc2cccc(B(O)O)c2)cc(B(O)O)c1. The van der Waals surface area contributed by atoms with E-state index in [1.807, 2.05) is 19.1 Å². The lowest BCUT2D eigenvalue weighted by Crippen LogP contribution is -2.30. The van der Waals surface area contributed by atoms with Gasteiger partial charge in [-0.05, 0) is 41.8 Å². The molecule has 0 bridgehead atoms. The predicted molar refractivity (Wildman–Crippen MR) is 84.7 cm³/mol. The van der Waals surface area contributed by atoms with Crippen molar-refractivity contribution in [1.82, 2.24) is 0 Å². The van der Waals surface area contributed by atoms with Gasteiger partial charge >= 0.3 is 14.2 Å². The van der Waals surface area contributed by atoms with E-state index >= 15 is 0 Å². The van der Waals surface area contributed by atoms with Gasteiger partial charge in [-0.2, -0.15) is 0 Å². The van der Waals surface area contributed by atoms with Crippen molar-refractivity contribution < 1.29 is 20.1 Å². The Hall–Kier alpha value is -1.59. The highest BCUT2D eigenvalue weighted by molar-refractivity contribution is 6.59. The minimum absolute atomic E-state index is 0.475. The molecule has 4 nitrogen and oxygen atoms in total. The molecule has 2 rings (SSSR count). The molecule has 108 valence electrons. The summed E-state index contributed by atoms with van der Waals surface area (Å²) in [6.45, 7) is 1.91. The highest BCUT2D eigenvalue weighted by Gasteiger charge is 2.13. The van der Waals surface area contributed by atoms with Crippen molar-refractivity contribution in [1.29, 1.82) is 0 Å². The fourth-order valence-corrected chi connectivity index (χ4v) is 2.39. The molecule has 4 N–H and O–H groups in total. The predicted octanol–water partition coefficient (Wildman–Crippen LogP) is -0.860. The van der Waals surface area contributed by atoms with Crippen molar-refractivity contribution in [2.75, 3.05) is 0 Å². The average Bonchev–Trinajstić information content (AvgIpc) is 2.45. The van der Waals surface area contributed by atoms with Gasteiger partial charge in [0.2, 0.25) is 0 Å². The van der Waals surface area contributed by atoms with Gasteiger partial charge in [-0.1, -0.05) is 48.0 Å². The molecule has 2 aromatic carbocycles. The fourth-order valence-electron chi connectivity index (χ4n) is 2.39. The van der Waals surface area contributed by atoms with Gasteiger partial charge in [0, 0.05) is 0 Å². The Morgan fingerprint density at radius 2 is 1.38 bits per heavy atom. The van der Waals surface area contributed by atoms with Crippen LogP contribution in [0.15, 0.2) is 42.5 Å². The summed E-state index contributed by atoms with van der Waals surface area (Å²) >= 11 is 0. The maximum absolute atomic E-state index is 9.26. The van der Waals surface area contributed by atoms with Crippen LogP contribution in [-0.2, 0) is 12.8 Å². The van der Waals surface area contributed by atoms with Crippen LogP contribution >= 0.6 is 0 Å². The third-order valence-electron chi connectivity index (χ3n) is 3.41. The highest BCUT2D eigenvalue weighted by Crippen LogP contribution is 2.08. The third-order valence-corrected chi connectivity index (χ3v) is 3.41. The van der Waals surface area contributed by atoms with E-state index in [0.717, 1.165) is 29.5 Å². The molecule has 0 aliphatic heterocycles. The van der Waals surface area contributed by atoms with Crippen LogP contribution in [-0.4, -0.2) is 34.3 Å². The summed E-state index contributed by atoms with van der Waals surface area (Å²) < 4.78 is 0. The molecule has 0 spiro atoms. The van der Waals surface area contributed by atoms with Gasteiger partial charge in [0.05, 0.1) is 0 Å².